The summed E-state index contributed by atoms with van der Waals surface area (Å²) in [5.41, 5.74) is 2.25. The Hall–Kier alpha value is -1.75. The lowest BCUT2D eigenvalue weighted by molar-refractivity contribution is -0.115. The van der Waals surface area contributed by atoms with Gasteiger partial charge in [-0.05, 0) is 54.7 Å². The van der Waals surface area contributed by atoms with Crippen LogP contribution in [0.25, 0.3) is 0 Å². The van der Waals surface area contributed by atoms with Crippen molar-refractivity contribution in [3.63, 3.8) is 0 Å². The van der Waals surface area contributed by atoms with Crippen LogP contribution in [0.2, 0.25) is 15.1 Å². The summed E-state index contributed by atoms with van der Waals surface area (Å²) in [4.78, 5) is 13.1. The molecule has 1 N–H and O–H groups in total. The van der Waals surface area contributed by atoms with Gasteiger partial charge in [-0.15, -0.1) is 0 Å². The van der Waals surface area contributed by atoms with E-state index in [1.54, 1.807) is 12.1 Å². The molecule has 0 radical (unpaired) electrons. The molecular formula is C24H26Cl3N3O. The van der Waals surface area contributed by atoms with Crippen LogP contribution in [0.5, 0.6) is 0 Å². The molecule has 4 nitrogen and oxygen atoms in total. The first-order chi connectivity index (χ1) is 14.9. The summed E-state index contributed by atoms with van der Waals surface area (Å²) in [6.07, 6.45) is 6.16. The second kappa shape index (κ2) is 9.81. The van der Waals surface area contributed by atoms with Crippen LogP contribution in [0, 0.1) is 11.8 Å². The maximum Gasteiger partial charge on any atom is 0.267 e. The van der Waals surface area contributed by atoms with Gasteiger partial charge in [0.1, 0.15) is 5.71 Å². The molecule has 1 saturated carbocycles. The number of hydrogen-bond donors (Lipinski definition) is 1. The molecule has 4 rings (SSSR count). The van der Waals surface area contributed by atoms with Crippen LogP contribution in [0.1, 0.15) is 50.6 Å². The first-order valence-corrected chi connectivity index (χ1v) is 11.9. The Labute approximate surface area is 198 Å². The SMILES string of the molecule is CC1C(C(=O)NCC2CCCCC2)=NN(c2ccc(Cl)cc2Cl)C1c1ccc(Cl)cc1. The first kappa shape index (κ1) is 22.4. The standard InChI is InChI=1S/C24H26Cl3N3O/c1-15-22(24(31)28-14-16-5-3-2-4-6-16)29-30(21-12-11-19(26)13-20(21)27)23(15)17-7-9-18(25)10-8-17/h7-13,15-16,23H,2-6,14H2,1H3,(H,28,31). The van der Waals surface area contributed by atoms with E-state index in [1.807, 2.05) is 42.3 Å². The summed E-state index contributed by atoms with van der Waals surface area (Å²) in [7, 11) is 0. The van der Waals surface area contributed by atoms with Gasteiger partial charge in [-0.3, -0.25) is 9.80 Å². The lowest BCUT2D eigenvalue weighted by atomic mass is 9.88. The molecule has 2 aliphatic rings. The summed E-state index contributed by atoms with van der Waals surface area (Å²) in [6.45, 7) is 2.74. The van der Waals surface area contributed by atoms with Gasteiger partial charge in [0.25, 0.3) is 5.91 Å². The molecule has 1 fully saturated rings. The topological polar surface area (TPSA) is 44.7 Å². The van der Waals surface area contributed by atoms with E-state index in [0.717, 1.165) is 5.56 Å². The van der Waals surface area contributed by atoms with Gasteiger partial charge in [0, 0.05) is 22.5 Å². The quantitative estimate of drug-likeness (QED) is 0.508. The fourth-order valence-corrected chi connectivity index (χ4v) is 5.18. The second-order valence-corrected chi connectivity index (χ2v) is 9.70. The number of nitrogens with zero attached hydrogens (tertiary/aromatic N) is 2. The number of halogens is 3. The maximum absolute atomic E-state index is 13.1. The van der Waals surface area contributed by atoms with Gasteiger partial charge in [-0.1, -0.05) is 73.1 Å². The largest absolute Gasteiger partial charge is 0.351 e. The number of benzene rings is 2. The van der Waals surface area contributed by atoms with Gasteiger partial charge in [0.05, 0.1) is 16.8 Å². The van der Waals surface area contributed by atoms with Crippen LogP contribution in [0.3, 0.4) is 0 Å². The van der Waals surface area contributed by atoms with Crippen LogP contribution < -0.4 is 10.3 Å². The van der Waals surface area contributed by atoms with Gasteiger partial charge in [-0.25, -0.2) is 0 Å². The third-order valence-corrected chi connectivity index (χ3v) is 7.05. The molecule has 1 aliphatic heterocycles. The second-order valence-electron chi connectivity index (χ2n) is 8.42. The van der Waals surface area contributed by atoms with Gasteiger partial charge in [0.2, 0.25) is 0 Å². The molecule has 2 unspecified atom stereocenters. The highest BCUT2D eigenvalue weighted by Gasteiger charge is 2.40. The van der Waals surface area contributed by atoms with Crippen molar-refractivity contribution in [3.8, 4) is 0 Å². The van der Waals surface area contributed by atoms with E-state index in [9.17, 15) is 4.79 Å². The number of amides is 1. The van der Waals surface area contributed by atoms with Crippen molar-refractivity contribution in [1.29, 1.82) is 0 Å². The zero-order chi connectivity index (χ0) is 22.0. The Bertz CT molecular complexity index is 971. The van der Waals surface area contributed by atoms with Gasteiger partial charge < -0.3 is 5.32 Å². The number of anilines is 1. The minimum absolute atomic E-state index is 0.107. The predicted octanol–water partition coefficient (Wildman–Crippen LogP) is 6.90. The van der Waals surface area contributed by atoms with E-state index in [1.165, 1.54) is 32.1 Å². The summed E-state index contributed by atoms with van der Waals surface area (Å²) < 4.78 is 0. The Morgan fingerprint density at radius 2 is 1.71 bits per heavy atom. The zero-order valence-electron chi connectivity index (χ0n) is 17.5. The van der Waals surface area contributed by atoms with Crippen molar-refractivity contribution in [2.24, 2.45) is 16.9 Å². The average molecular weight is 479 g/mol. The lowest BCUT2D eigenvalue weighted by Crippen LogP contribution is -2.37. The first-order valence-electron chi connectivity index (χ1n) is 10.8. The van der Waals surface area contributed by atoms with Gasteiger partial charge >= 0.3 is 0 Å². The van der Waals surface area contributed by atoms with E-state index in [4.69, 9.17) is 39.9 Å². The van der Waals surface area contributed by atoms with Crippen molar-refractivity contribution in [2.45, 2.75) is 45.1 Å². The monoisotopic (exact) mass is 477 g/mol. The fourth-order valence-electron chi connectivity index (χ4n) is 4.56. The van der Waals surface area contributed by atoms with E-state index in [0.29, 0.717) is 38.9 Å². The van der Waals surface area contributed by atoms with Crippen molar-refractivity contribution < 1.29 is 4.79 Å². The summed E-state index contributed by atoms with van der Waals surface area (Å²) in [6, 6.07) is 12.8. The molecule has 2 atom stereocenters. The number of rotatable bonds is 5. The zero-order valence-corrected chi connectivity index (χ0v) is 19.7. The molecule has 164 valence electrons. The molecule has 2 aromatic carbocycles. The Kier molecular flexibility index (Phi) is 7.10. The molecule has 0 spiro atoms. The van der Waals surface area contributed by atoms with E-state index in [2.05, 4.69) is 5.32 Å². The minimum atomic E-state index is -0.175. The number of carbonyl (C=O) groups is 1. The molecule has 1 amide bonds. The molecule has 0 saturated heterocycles. The maximum atomic E-state index is 13.1. The third kappa shape index (κ3) is 5.02. The molecule has 0 aromatic heterocycles. The molecule has 0 bridgehead atoms. The van der Waals surface area contributed by atoms with Crippen molar-refractivity contribution in [2.75, 3.05) is 11.6 Å². The van der Waals surface area contributed by atoms with Crippen LogP contribution in [-0.2, 0) is 4.79 Å². The van der Waals surface area contributed by atoms with E-state index in [-0.39, 0.29) is 17.9 Å². The van der Waals surface area contributed by atoms with Crippen LogP contribution in [-0.4, -0.2) is 18.2 Å². The van der Waals surface area contributed by atoms with Crippen LogP contribution >= 0.6 is 34.8 Å². The smallest absolute Gasteiger partial charge is 0.267 e. The molecule has 7 heteroatoms. The molecule has 31 heavy (non-hydrogen) atoms. The fraction of sp³-hybridized carbons (Fsp3) is 0.417. The summed E-state index contributed by atoms with van der Waals surface area (Å²) >= 11 is 18.7. The summed E-state index contributed by atoms with van der Waals surface area (Å²) in [5.74, 6) is 0.327. The average Bonchev–Trinajstić information content (AvgIpc) is 3.10. The van der Waals surface area contributed by atoms with Gasteiger partial charge in [-0.2, -0.15) is 5.10 Å². The Morgan fingerprint density at radius 1 is 1.03 bits per heavy atom. The van der Waals surface area contributed by atoms with Crippen LogP contribution in [0.15, 0.2) is 47.6 Å². The third-order valence-electron chi connectivity index (χ3n) is 6.26. The normalized spacial score (nSPS) is 21.8. The van der Waals surface area contributed by atoms with Gasteiger partial charge in [0.15, 0.2) is 0 Å². The summed E-state index contributed by atoms with van der Waals surface area (Å²) in [5, 5.41) is 11.4. The lowest BCUT2D eigenvalue weighted by Gasteiger charge is -2.27. The number of carbonyl (C=O) groups excluding carboxylic acids is 1. The Balaban J connectivity index is 1.62. The highest BCUT2D eigenvalue weighted by atomic mass is 35.5. The predicted molar refractivity (Wildman–Crippen MR) is 129 cm³/mol. The van der Waals surface area contributed by atoms with Crippen LogP contribution in [0.4, 0.5) is 5.69 Å². The van der Waals surface area contributed by atoms with Crippen molar-refractivity contribution in [1.82, 2.24) is 5.32 Å². The number of hydrazone groups is 1. The van der Waals surface area contributed by atoms with E-state index >= 15 is 0 Å². The van der Waals surface area contributed by atoms with Crippen molar-refractivity contribution in [3.05, 3.63) is 63.1 Å². The Morgan fingerprint density at radius 3 is 2.39 bits per heavy atom. The molecule has 2 aromatic rings. The van der Waals surface area contributed by atoms with Crippen molar-refractivity contribution >= 4 is 52.1 Å². The molecular weight excluding hydrogens is 453 g/mol. The minimum Gasteiger partial charge on any atom is -0.351 e. The highest BCUT2D eigenvalue weighted by Crippen LogP contribution is 2.42. The van der Waals surface area contributed by atoms with E-state index < -0.39 is 0 Å². The molecule has 1 heterocycles. The number of hydrogen-bond acceptors (Lipinski definition) is 3. The highest BCUT2D eigenvalue weighted by molar-refractivity contribution is 6.41. The molecule has 1 aliphatic carbocycles. The number of nitrogens with one attached hydrogen (secondary N) is 1.